The molecule has 3 aromatic rings. The highest BCUT2D eigenvalue weighted by Crippen LogP contribution is 2.28. The van der Waals surface area contributed by atoms with Crippen molar-refractivity contribution in [2.45, 2.75) is 13.5 Å². The molecular weight excluding hydrogens is 336 g/mol. The van der Waals surface area contributed by atoms with Gasteiger partial charge in [-0.1, -0.05) is 24.3 Å². The normalized spacial score (nSPS) is 10.3. The molecule has 26 heavy (non-hydrogen) atoms. The van der Waals surface area contributed by atoms with Crippen molar-refractivity contribution in [2.24, 2.45) is 0 Å². The minimum Gasteiger partial charge on any atom is -0.479 e. The molecule has 1 amide bonds. The van der Waals surface area contributed by atoms with Gasteiger partial charge < -0.3 is 14.5 Å². The number of carbonyl (C=O) groups excluding carboxylic acids is 1. The predicted molar refractivity (Wildman–Crippen MR) is 95.3 cm³/mol. The van der Waals surface area contributed by atoms with Gasteiger partial charge in [-0.2, -0.15) is 0 Å². The first-order valence-corrected chi connectivity index (χ1v) is 7.86. The maximum atomic E-state index is 12.1. The molecular formula is C19H16N2O5. The lowest BCUT2D eigenvalue weighted by atomic mass is 10.2. The largest absolute Gasteiger partial charge is 0.479 e. The molecule has 2 aromatic carbocycles. The lowest BCUT2D eigenvalue weighted by Crippen LogP contribution is -2.10. The number of hydrogen-bond donors (Lipinski definition) is 1. The second-order valence-corrected chi connectivity index (χ2v) is 5.60. The Hall–Kier alpha value is -3.61. The molecule has 0 aliphatic carbocycles. The van der Waals surface area contributed by atoms with E-state index in [-0.39, 0.29) is 29.7 Å². The van der Waals surface area contributed by atoms with E-state index in [0.717, 1.165) is 5.56 Å². The summed E-state index contributed by atoms with van der Waals surface area (Å²) in [6, 6.07) is 16.8. The van der Waals surface area contributed by atoms with Crippen molar-refractivity contribution in [3.05, 3.63) is 87.9 Å². The first kappa shape index (κ1) is 17.2. The summed E-state index contributed by atoms with van der Waals surface area (Å²) in [6.07, 6.45) is 0. The molecule has 0 spiro atoms. The van der Waals surface area contributed by atoms with Crippen LogP contribution in [0.15, 0.2) is 65.1 Å². The van der Waals surface area contributed by atoms with E-state index in [1.807, 2.05) is 18.2 Å². The zero-order valence-electron chi connectivity index (χ0n) is 14.0. The Labute approximate surface area is 149 Å². The van der Waals surface area contributed by atoms with Crippen LogP contribution in [0.1, 0.15) is 21.9 Å². The monoisotopic (exact) mass is 352 g/mol. The lowest BCUT2D eigenvalue weighted by Gasteiger charge is -2.06. The van der Waals surface area contributed by atoms with E-state index in [4.69, 9.17) is 9.15 Å². The number of amides is 1. The fraction of sp³-hybridized carbons (Fsp3) is 0.105. The fourth-order valence-corrected chi connectivity index (χ4v) is 2.33. The van der Waals surface area contributed by atoms with Gasteiger partial charge in [0, 0.05) is 11.8 Å². The third kappa shape index (κ3) is 4.07. The van der Waals surface area contributed by atoms with Gasteiger partial charge in [-0.05, 0) is 42.8 Å². The average Bonchev–Trinajstić information content (AvgIpc) is 3.10. The van der Waals surface area contributed by atoms with E-state index in [9.17, 15) is 14.9 Å². The van der Waals surface area contributed by atoms with E-state index in [2.05, 4.69) is 5.32 Å². The number of para-hydroxylation sites is 1. The maximum Gasteiger partial charge on any atom is 0.311 e. The van der Waals surface area contributed by atoms with Gasteiger partial charge in [0.15, 0.2) is 11.5 Å². The summed E-state index contributed by atoms with van der Waals surface area (Å²) in [5.41, 5.74) is 1.31. The van der Waals surface area contributed by atoms with Gasteiger partial charge in [-0.25, -0.2) is 0 Å². The first-order chi connectivity index (χ1) is 12.5. The summed E-state index contributed by atoms with van der Waals surface area (Å²) < 4.78 is 10.9. The highest BCUT2D eigenvalue weighted by Gasteiger charge is 2.17. The number of anilines is 1. The smallest absolute Gasteiger partial charge is 0.311 e. The standard InChI is InChI=1S/C19H16N2O5/c1-13-7-9-17(16(11-13)21(23)24)25-12-15-8-10-18(26-15)19(22)20-14-5-3-2-4-6-14/h2-11H,12H2,1H3,(H,20,22). The number of benzene rings is 2. The number of furan rings is 1. The van der Waals surface area contributed by atoms with Crippen LogP contribution in [0, 0.1) is 17.0 Å². The average molecular weight is 352 g/mol. The zero-order chi connectivity index (χ0) is 18.5. The van der Waals surface area contributed by atoms with Gasteiger partial charge in [0.1, 0.15) is 12.4 Å². The molecule has 0 unspecified atom stereocenters. The van der Waals surface area contributed by atoms with Gasteiger partial charge in [0.05, 0.1) is 4.92 Å². The van der Waals surface area contributed by atoms with Crippen LogP contribution in [0.25, 0.3) is 0 Å². The van der Waals surface area contributed by atoms with Crippen molar-refractivity contribution < 1.29 is 18.9 Å². The second-order valence-electron chi connectivity index (χ2n) is 5.60. The Morgan fingerprint density at radius 1 is 1.15 bits per heavy atom. The molecule has 0 bridgehead atoms. The van der Waals surface area contributed by atoms with Crippen LogP contribution in [-0.2, 0) is 6.61 Å². The third-order valence-electron chi connectivity index (χ3n) is 3.60. The molecule has 3 rings (SSSR count). The van der Waals surface area contributed by atoms with Crippen molar-refractivity contribution >= 4 is 17.3 Å². The van der Waals surface area contributed by atoms with Gasteiger partial charge in [0.2, 0.25) is 0 Å². The van der Waals surface area contributed by atoms with Crippen molar-refractivity contribution in [1.29, 1.82) is 0 Å². The Kier molecular flexibility index (Phi) is 4.98. The highest BCUT2D eigenvalue weighted by molar-refractivity contribution is 6.02. The number of carbonyl (C=O) groups is 1. The van der Waals surface area contributed by atoms with Gasteiger partial charge >= 0.3 is 5.69 Å². The number of nitro groups is 1. The lowest BCUT2D eigenvalue weighted by molar-refractivity contribution is -0.386. The Balaban J connectivity index is 1.66. The minimum atomic E-state index is -0.497. The van der Waals surface area contributed by atoms with Crippen LogP contribution in [0.4, 0.5) is 11.4 Å². The van der Waals surface area contributed by atoms with E-state index in [0.29, 0.717) is 11.4 Å². The first-order valence-electron chi connectivity index (χ1n) is 7.86. The van der Waals surface area contributed by atoms with Crippen LogP contribution >= 0.6 is 0 Å². The number of hydrogen-bond acceptors (Lipinski definition) is 5. The number of ether oxygens (including phenoxy) is 1. The van der Waals surface area contributed by atoms with E-state index < -0.39 is 4.92 Å². The highest BCUT2D eigenvalue weighted by atomic mass is 16.6. The Morgan fingerprint density at radius 3 is 2.65 bits per heavy atom. The Morgan fingerprint density at radius 2 is 1.92 bits per heavy atom. The quantitative estimate of drug-likeness (QED) is 0.526. The fourth-order valence-electron chi connectivity index (χ4n) is 2.33. The van der Waals surface area contributed by atoms with Gasteiger partial charge in [0.25, 0.3) is 5.91 Å². The maximum absolute atomic E-state index is 12.1. The second kappa shape index (κ2) is 7.52. The van der Waals surface area contributed by atoms with E-state index in [1.54, 1.807) is 37.3 Å². The minimum absolute atomic E-state index is 0.0253. The topological polar surface area (TPSA) is 94.6 Å². The molecule has 1 heterocycles. The molecule has 0 radical (unpaired) electrons. The number of nitrogens with one attached hydrogen (secondary N) is 1. The summed E-state index contributed by atoms with van der Waals surface area (Å²) in [6.45, 7) is 1.74. The number of nitrogens with zero attached hydrogens (tertiary/aromatic N) is 1. The molecule has 1 aromatic heterocycles. The van der Waals surface area contributed by atoms with Crippen LogP contribution in [0.5, 0.6) is 5.75 Å². The van der Waals surface area contributed by atoms with Crippen LogP contribution in [0.3, 0.4) is 0 Å². The predicted octanol–water partition coefficient (Wildman–Crippen LogP) is 4.33. The number of nitro benzene ring substituents is 1. The zero-order valence-corrected chi connectivity index (χ0v) is 14.0. The molecule has 7 heteroatoms. The molecule has 0 atom stereocenters. The molecule has 0 saturated carbocycles. The molecule has 1 N–H and O–H groups in total. The van der Waals surface area contributed by atoms with Crippen molar-refractivity contribution in [3.63, 3.8) is 0 Å². The van der Waals surface area contributed by atoms with Crippen LogP contribution < -0.4 is 10.1 Å². The third-order valence-corrected chi connectivity index (χ3v) is 3.60. The molecule has 7 nitrogen and oxygen atoms in total. The van der Waals surface area contributed by atoms with Crippen molar-refractivity contribution in [2.75, 3.05) is 5.32 Å². The molecule has 0 fully saturated rings. The summed E-state index contributed by atoms with van der Waals surface area (Å²) in [7, 11) is 0. The summed E-state index contributed by atoms with van der Waals surface area (Å²) in [4.78, 5) is 22.8. The summed E-state index contributed by atoms with van der Waals surface area (Å²) in [5.74, 6) is 0.278. The molecule has 0 aliphatic heterocycles. The van der Waals surface area contributed by atoms with E-state index in [1.165, 1.54) is 12.1 Å². The van der Waals surface area contributed by atoms with Gasteiger partial charge in [-0.3, -0.25) is 14.9 Å². The SMILES string of the molecule is Cc1ccc(OCc2ccc(C(=O)Nc3ccccc3)o2)c([N+](=O)[O-])c1. The summed E-state index contributed by atoms with van der Waals surface area (Å²) >= 11 is 0. The molecule has 132 valence electrons. The van der Waals surface area contributed by atoms with Crippen molar-refractivity contribution in [1.82, 2.24) is 0 Å². The molecule has 0 saturated heterocycles. The Bertz CT molecular complexity index is 934. The molecule has 0 aliphatic rings. The summed E-state index contributed by atoms with van der Waals surface area (Å²) in [5, 5.41) is 13.8. The van der Waals surface area contributed by atoms with Crippen LogP contribution in [-0.4, -0.2) is 10.8 Å². The number of rotatable bonds is 6. The van der Waals surface area contributed by atoms with Crippen LogP contribution in [0.2, 0.25) is 0 Å². The van der Waals surface area contributed by atoms with Gasteiger partial charge in [-0.15, -0.1) is 0 Å². The van der Waals surface area contributed by atoms with Crippen molar-refractivity contribution in [3.8, 4) is 5.75 Å². The van der Waals surface area contributed by atoms with E-state index >= 15 is 0 Å². The number of aryl methyl sites for hydroxylation is 1.